The average Bonchev–Trinajstić information content (AvgIpc) is 2.27. The minimum Gasteiger partial charge on any atom is -0.478 e. The lowest BCUT2D eigenvalue weighted by Crippen LogP contribution is -2.34. The van der Waals surface area contributed by atoms with E-state index in [4.69, 9.17) is 10.9 Å². The average molecular weight is 209 g/mol. The second kappa shape index (κ2) is 4.52. The van der Waals surface area contributed by atoms with Gasteiger partial charge in [0.1, 0.15) is 0 Å². The lowest BCUT2D eigenvalue weighted by Gasteiger charge is -2.08. The molecule has 80 valence electrons. The number of carboxylic acids is 1. The number of amides is 1. The van der Waals surface area contributed by atoms with Crippen LogP contribution in [0.2, 0.25) is 0 Å². The highest BCUT2D eigenvalue weighted by molar-refractivity contribution is 5.88. The maximum Gasteiger partial charge on any atom is 0.335 e. The second-order valence-electron chi connectivity index (χ2n) is 3.00. The van der Waals surface area contributed by atoms with Crippen molar-refractivity contribution in [3.63, 3.8) is 0 Å². The van der Waals surface area contributed by atoms with Crippen LogP contribution in [0.1, 0.15) is 28.9 Å². The number of carboxylic acid groups (broad SMARTS) is 1. The predicted octanol–water partition coefficient (Wildman–Crippen LogP) is -0.127. The van der Waals surface area contributed by atoms with Crippen molar-refractivity contribution in [2.75, 3.05) is 0 Å². The molecule has 6 nitrogen and oxygen atoms in total. The number of hydrazine groups is 1. The number of carbonyl (C=O) groups is 2. The van der Waals surface area contributed by atoms with E-state index in [0.717, 1.165) is 0 Å². The van der Waals surface area contributed by atoms with Crippen LogP contribution >= 0.6 is 0 Å². The third-order valence-corrected chi connectivity index (χ3v) is 2.01. The van der Waals surface area contributed by atoms with E-state index in [0.29, 0.717) is 5.69 Å². The molecule has 15 heavy (non-hydrogen) atoms. The lowest BCUT2D eigenvalue weighted by molar-refractivity contribution is -0.122. The Kier molecular flexibility index (Phi) is 3.35. The molecule has 4 N–H and O–H groups in total. The van der Waals surface area contributed by atoms with Gasteiger partial charge in [0, 0.05) is 6.20 Å². The molecular formula is C9H11N3O3. The SMILES string of the molecule is CC(C(=O)NN)c1cc(C(=O)O)ccn1. The first kappa shape index (κ1) is 11.1. The summed E-state index contributed by atoms with van der Waals surface area (Å²) in [5.74, 6) is 2.92. The highest BCUT2D eigenvalue weighted by Gasteiger charge is 2.16. The molecule has 0 saturated carbocycles. The number of nitrogens with one attached hydrogen (secondary N) is 1. The molecule has 1 aromatic heterocycles. The molecule has 0 bridgehead atoms. The molecule has 0 aliphatic carbocycles. The molecule has 0 radical (unpaired) electrons. The molecule has 0 spiro atoms. The van der Waals surface area contributed by atoms with Crippen LogP contribution in [0.3, 0.4) is 0 Å². The van der Waals surface area contributed by atoms with E-state index in [1.807, 2.05) is 5.43 Å². The maximum atomic E-state index is 11.2. The zero-order valence-corrected chi connectivity index (χ0v) is 8.10. The summed E-state index contributed by atoms with van der Waals surface area (Å²) in [6.45, 7) is 1.59. The van der Waals surface area contributed by atoms with Gasteiger partial charge in [0.05, 0.1) is 17.2 Å². The quantitative estimate of drug-likeness (QED) is 0.365. The zero-order valence-electron chi connectivity index (χ0n) is 8.10. The van der Waals surface area contributed by atoms with E-state index in [1.165, 1.54) is 18.3 Å². The number of pyridine rings is 1. The minimum absolute atomic E-state index is 0.0941. The summed E-state index contributed by atoms with van der Waals surface area (Å²) in [6.07, 6.45) is 1.35. The Labute approximate surface area is 86.1 Å². The Balaban J connectivity index is 3.00. The van der Waals surface area contributed by atoms with Gasteiger partial charge in [-0.25, -0.2) is 10.6 Å². The van der Waals surface area contributed by atoms with E-state index < -0.39 is 17.8 Å². The lowest BCUT2D eigenvalue weighted by atomic mass is 10.0. The molecule has 1 aromatic rings. The van der Waals surface area contributed by atoms with Crippen molar-refractivity contribution in [2.45, 2.75) is 12.8 Å². The van der Waals surface area contributed by atoms with Crippen LogP contribution < -0.4 is 11.3 Å². The van der Waals surface area contributed by atoms with E-state index in [1.54, 1.807) is 6.92 Å². The normalized spacial score (nSPS) is 11.9. The molecule has 0 aliphatic rings. The molecule has 0 aromatic carbocycles. The molecule has 1 atom stereocenters. The van der Waals surface area contributed by atoms with Gasteiger partial charge >= 0.3 is 5.97 Å². The highest BCUT2D eigenvalue weighted by atomic mass is 16.4. The van der Waals surface area contributed by atoms with Gasteiger partial charge in [-0.15, -0.1) is 0 Å². The Morgan fingerprint density at radius 3 is 2.80 bits per heavy atom. The monoisotopic (exact) mass is 209 g/mol. The topological polar surface area (TPSA) is 105 Å². The molecule has 6 heteroatoms. The van der Waals surface area contributed by atoms with Crippen molar-refractivity contribution >= 4 is 11.9 Å². The third-order valence-electron chi connectivity index (χ3n) is 2.01. The molecule has 1 rings (SSSR count). The van der Waals surface area contributed by atoms with Crippen LogP contribution in [0.5, 0.6) is 0 Å². The van der Waals surface area contributed by atoms with Crippen molar-refractivity contribution in [2.24, 2.45) is 5.84 Å². The smallest absolute Gasteiger partial charge is 0.335 e. The molecular weight excluding hydrogens is 198 g/mol. The van der Waals surface area contributed by atoms with E-state index >= 15 is 0 Å². The number of nitrogens with zero attached hydrogens (tertiary/aromatic N) is 1. The number of nitrogens with two attached hydrogens (primary N) is 1. The van der Waals surface area contributed by atoms with E-state index in [2.05, 4.69) is 4.98 Å². The minimum atomic E-state index is -1.06. The van der Waals surface area contributed by atoms with E-state index in [9.17, 15) is 9.59 Å². The maximum absolute atomic E-state index is 11.2. The van der Waals surface area contributed by atoms with Gasteiger partial charge in [0.25, 0.3) is 0 Å². The van der Waals surface area contributed by atoms with Gasteiger partial charge in [0.2, 0.25) is 5.91 Å². The van der Waals surface area contributed by atoms with Gasteiger partial charge in [0.15, 0.2) is 0 Å². The number of hydrogen-bond acceptors (Lipinski definition) is 4. The fourth-order valence-corrected chi connectivity index (χ4v) is 1.08. The van der Waals surface area contributed by atoms with Crippen LogP contribution in [-0.4, -0.2) is 22.0 Å². The van der Waals surface area contributed by atoms with Crippen molar-refractivity contribution in [3.8, 4) is 0 Å². The molecule has 0 saturated heterocycles. The molecule has 1 unspecified atom stereocenters. The summed E-state index contributed by atoms with van der Waals surface area (Å²) in [5, 5.41) is 8.73. The first-order chi connectivity index (χ1) is 7.06. The number of aromatic nitrogens is 1. The summed E-state index contributed by atoms with van der Waals surface area (Å²) < 4.78 is 0. The second-order valence-corrected chi connectivity index (χ2v) is 3.00. The first-order valence-electron chi connectivity index (χ1n) is 4.26. The van der Waals surface area contributed by atoms with Crippen LogP contribution in [0.15, 0.2) is 18.3 Å². The standard InChI is InChI=1S/C9H11N3O3/c1-5(8(13)12-10)7-4-6(9(14)15)2-3-11-7/h2-5H,10H2,1H3,(H,12,13)(H,14,15). The van der Waals surface area contributed by atoms with Crippen LogP contribution in [0, 0.1) is 0 Å². The van der Waals surface area contributed by atoms with Gasteiger partial charge in [-0.1, -0.05) is 0 Å². The van der Waals surface area contributed by atoms with E-state index in [-0.39, 0.29) is 5.56 Å². The highest BCUT2D eigenvalue weighted by Crippen LogP contribution is 2.13. The van der Waals surface area contributed by atoms with Crippen LogP contribution in [0.25, 0.3) is 0 Å². The fourth-order valence-electron chi connectivity index (χ4n) is 1.08. The first-order valence-corrected chi connectivity index (χ1v) is 4.26. The Morgan fingerprint density at radius 2 is 2.27 bits per heavy atom. The number of carbonyl (C=O) groups excluding carboxylic acids is 1. The van der Waals surface area contributed by atoms with Crippen molar-refractivity contribution in [3.05, 3.63) is 29.6 Å². The fraction of sp³-hybridized carbons (Fsp3) is 0.222. The van der Waals surface area contributed by atoms with Gasteiger partial charge in [-0.3, -0.25) is 15.2 Å². The predicted molar refractivity (Wildman–Crippen MR) is 51.9 cm³/mol. The van der Waals surface area contributed by atoms with Crippen molar-refractivity contribution in [1.82, 2.24) is 10.4 Å². The summed E-state index contributed by atoms with van der Waals surface area (Å²) in [4.78, 5) is 25.7. The zero-order chi connectivity index (χ0) is 11.4. The van der Waals surface area contributed by atoms with Gasteiger partial charge in [-0.05, 0) is 19.1 Å². The van der Waals surface area contributed by atoms with Crippen molar-refractivity contribution in [1.29, 1.82) is 0 Å². The van der Waals surface area contributed by atoms with Crippen LogP contribution in [-0.2, 0) is 4.79 Å². The molecule has 1 heterocycles. The third kappa shape index (κ3) is 2.50. The van der Waals surface area contributed by atoms with Crippen LogP contribution in [0.4, 0.5) is 0 Å². The largest absolute Gasteiger partial charge is 0.478 e. The molecule has 0 aliphatic heterocycles. The summed E-state index contributed by atoms with van der Waals surface area (Å²) in [5.41, 5.74) is 2.45. The summed E-state index contributed by atoms with van der Waals surface area (Å²) in [7, 11) is 0. The number of hydrogen-bond donors (Lipinski definition) is 3. The van der Waals surface area contributed by atoms with Gasteiger partial charge in [-0.2, -0.15) is 0 Å². The molecule has 0 fully saturated rings. The summed E-state index contributed by atoms with van der Waals surface area (Å²) >= 11 is 0. The summed E-state index contributed by atoms with van der Waals surface area (Å²) in [6, 6.07) is 2.71. The Bertz CT molecular complexity index is 392. The number of rotatable bonds is 3. The number of aromatic carboxylic acids is 1. The molecule has 1 amide bonds. The van der Waals surface area contributed by atoms with Crippen molar-refractivity contribution < 1.29 is 14.7 Å². The van der Waals surface area contributed by atoms with Gasteiger partial charge < -0.3 is 5.11 Å². The Morgan fingerprint density at radius 1 is 1.60 bits per heavy atom. The Hall–Kier alpha value is -1.95.